The number of ether oxygens (including phenoxy) is 1. The zero-order valence-corrected chi connectivity index (χ0v) is 13.1. The molecule has 0 fully saturated rings. The molecule has 2 rings (SSSR count). The Morgan fingerprint density at radius 3 is 2.56 bits per heavy atom. The Hall–Kier alpha value is -1.00. The zero-order valence-electron chi connectivity index (χ0n) is 9.91. The summed E-state index contributed by atoms with van der Waals surface area (Å²) in [6.07, 6.45) is 0. The summed E-state index contributed by atoms with van der Waals surface area (Å²) in [7, 11) is 0. The molecule has 0 aliphatic rings. The molecular formula is C14H13Br2NO. The summed E-state index contributed by atoms with van der Waals surface area (Å²) in [5, 5.41) is 0. The van der Waals surface area contributed by atoms with Crippen LogP contribution >= 0.6 is 31.9 Å². The summed E-state index contributed by atoms with van der Waals surface area (Å²) in [6, 6.07) is 11.7. The molecule has 0 aliphatic carbocycles. The molecule has 0 amide bonds. The number of hydrogen-bond acceptors (Lipinski definition) is 2. The van der Waals surface area contributed by atoms with Gasteiger partial charge in [0.2, 0.25) is 0 Å². The Labute approximate surface area is 123 Å². The number of halogens is 2. The van der Waals surface area contributed by atoms with Crippen molar-refractivity contribution in [2.24, 2.45) is 0 Å². The van der Waals surface area contributed by atoms with E-state index >= 15 is 0 Å². The van der Waals surface area contributed by atoms with Crippen LogP contribution in [0.3, 0.4) is 0 Å². The molecule has 0 saturated heterocycles. The first-order chi connectivity index (χ1) is 8.56. The van der Waals surface area contributed by atoms with Crippen LogP contribution in [0.2, 0.25) is 0 Å². The lowest BCUT2D eigenvalue weighted by molar-refractivity contribution is 0.306. The summed E-state index contributed by atoms with van der Waals surface area (Å²) in [5.41, 5.74) is 8.79. The van der Waals surface area contributed by atoms with Crippen molar-refractivity contribution in [3.63, 3.8) is 0 Å². The van der Waals surface area contributed by atoms with Crippen molar-refractivity contribution >= 4 is 37.5 Å². The lowest BCUT2D eigenvalue weighted by Gasteiger charge is -2.10. The van der Waals surface area contributed by atoms with Gasteiger partial charge in [0.05, 0.1) is 0 Å². The summed E-state index contributed by atoms with van der Waals surface area (Å²) in [5.74, 6) is 0.845. The molecular weight excluding hydrogens is 358 g/mol. The fourth-order valence-corrected chi connectivity index (χ4v) is 2.19. The lowest BCUT2D eigenvalue weighted by atomic mass is 10.2. The second kappa shape index (κ2) is 5.76. The largest absolute Gasteiger partial charge is 0.489 e. The molecule has 2 aromatic carbocycles. The van der Waals surface area contributed by atoms with Gasteiger partial charge in [0.1, 0.15) is 12.4 Å². The normalized spacial score (nSPS) is 10.4. The van der Waals surface area contributed by atoms with E-state index in [1.165, 1.54) is 0 Å². The fourth-order valence-electron chi connectivity index (χ4n) is 1.57. The van der Waals surface area contributed by atoms with Crippen molar-refractivity contribution in [1.82, 2.24) is 0 Å². The molecule has 0 aliphatic heterocycles. The van der Waals surface area contributed by atoms with E-state index in [4.69, 9.17) is 10.5 Å². The summed E-state index contributed by atoms with van der Waals surface area (Å²) in [6.45, 7) is 2.51. The van der Waals surface area contributed by atoms with Crippen LogP contribution < -0.4 is 10.5 Å². The van der Waals surface area contributed by atoms with E-state index in [1.54, 1.807) is 0 Å². The highest BCUT2D eigenvalue weighted by atomic mass is 79.9. The van der Waals surface area contributed by atoms with Gasteiger partial charge in [-0.2, -0.15) is 0 Å². The smallest absolute Gasteiger partial charge is 0.120 e. The Morgan fingerprint density at radius 2 is 1.89 bits per heavy atom. The number of nitrogen functional groups attached to an aromatic ring is 1. The molecule has 0 atom stereocenters. The van der Waals surface area contributed by atoms with Crippen LogP contribution in [0.5, 0.6) is 5.75 Å². The molecule has 94 valence electrons. The number of aryl methyl sites for hydroxylation is 1. The van der Waals surface area contributed by atoms with Crippen molar-refractivity contribution in [2.75, 3.05) is 5.73 Å². The van der Waals surface area contributed by atoms with Gasteiger partial charge in [0, 0.05) is 20.2 Å². The third kappa shape index (κ3) is 3.27. The van der Waals surface area contributed by atoms with E-state index in [2.05, 4.69) is 31.9 Å². The topological polar surface area (TPSA) is 35.2 Å². The van der Waals surface area contributed by atoms with Crippen LogP contribution in [-0.2, 0) is 6.61 Å². The third-order valence-electron chi connectivity index (χ3n) is 2.63. The van der Waals surface area contributed by atoms with Gasteiger partial charge < -0.3 is 10.5 Å². The highest BCUT2D eigenvalue weighted by Crippen LogP contribution is 2.24. The van der Waals surface area contributed by atoms with Gasteiger partial charge in [-0.1, -0.05) is 37.9 Å². The van der Waals surface area contributed by atoms with Crippen LogP contribution in [-0.4, -0.2) is 0 Å². The monoisotopic (exact) mass is 369 g/mol. The minimum atomic E-state index is 0.472. The van der Waals surface area contributed by atoms with E-state index in [0.29, 0.717) is 6.61 Å². The summed E-state index contributed by atoms with van der Waals surface area (Å²) >= 11 is 6.85. The zero-order chi connectivity index (χ0) is 13.1. The number of hydrogen-bond donors (Lipinski definition) is 1. The van der Waals surface area contributed by atoms with Crippen molar-refractivity contribution in [3.8, 4) is 5.75 Å². The number of benzene rings is 2. The maximum Gasteiger partial charge on any atom is 0.120 e. The Morgan fingerprint density at radius 1 is 1.11 bits per heavy atom. The molecule has 0 spiro atoms. The molecule has 0 radical (unpaired) electrons. The predicted molar refractivity (Wildman–Crippen MR) is 81.8 cm³/mol. The SMILES string of the molecule is Cc1cc(OCc2ccc(Br)cc2N)ccc1Br. The second-order valence-corrected chi connectivity index (χ2v) is 5.81. The quantitative estimate of drug-likeness (QED) is 0.796. The van der Waals surface area contributed by atoms with Crippen LogP contribution in [0.4, 0.5) is 5.69 Å². The number of nitrogens with two attached hydrogens (primary N) is 1. The predicted octanol–water partition coefficient (Wildman–Crippen LogP) is 4.68. The second-order valence-electron chi connectivity index (χ2n) is 4.04. The van der Waals surface area contributed by atoms with Gasteiger partial charge in [-0.05, 0) is 42.8 Å². The van der Waals surface area contributed by atoms with E-state index in [1.807, 2.05) is 43.3 Å². The van der Waals surface area contributed by atoms with E-state index < -0.39 is 0 Å². The van der Waals surface area contributed by atoms with Crippen LogP contribution in [0, 0.1) is 6.92 Å². The van der Waals surface area contributed by atoms with E-state index in [0.717, 1.165) is 31.5 Å². The Kier molecular flexibility index (Phi) is 4.30. The van der Waals surface area contributed by atoms with E-state index in [9.17, 15) is 0 Å². The molecule has 0 heterocycles. The Balaban J connectivity index is 2.09. The molecule has 18 heavy (non-hydrogen) atoms. The average molecular weight is 371 g/mol. The first-order valence-electron chi connectivity index (χ1n) is 5.49. The number of anilines is 1. The minimum absolute atomic E-state index is 0.472. The molecule has 2 aromatic rings. The van der Waals surface area contributed by atoms with Crippen molar-refractivity contribution < 1.29 is 4.74 Å². The molecule has 0 aromatic heterocycles. The molecule has 2 N–H and O–H groups in total. The fraction of sp³-hybridized carbons (Fsp3) is 0.143. The lowest BCUT2D eigenvalue weighted by Crippen LogP contribution is -2.00. The van der Waals surface area contributed by atoms with Gasteiger partial charge >= 0.3 is 0 Å². The highest BCUT2D eigenvalue weighted by molar-refractivity contribution is 9.10. The Bertz CT molecular complexity index is 570. The van der Waals surface area contributed by atoms with Crippen LogP contribution in [0.15, 0.2) is 45.3 Å². The average Bonchev–Trinajstić information content (AvgIpc) is 2.32. The van der Waals surface area contributed by atoms with Gasteiger partial charge in [-0.25, -0.2) is 0 Å². The highest BCUT2D eigenvalue weighted by Gasteiger charge is 2.02. The molecule has 4 heteroatoms. The number of rotatable bonds is 3. The maximum atomic E-state index is 5.92. The van der Waals surface area contributed by atoms with Crippen molar-refractivity contribution in [2.45, 2.75) is 13.5 Å². The van der Waals surface area contributed by atoms with Crippen LogP contribution in [0.1, 0.15) is 11.1 Å². The minimum Gasteiger partial charge on any atom is -0.489 e. The first-order valence-corrected chi connectivity index (χ1v) is 7.08. The van der Waals surface area contributed by atoms with Gasteiger partial charge in [0.15, 0.2) is 0 Å². The maximum absolute atomic E-state index is 5.92. The van der Waals surface area contributed by atoms with Crippen LogP contribution in [0.25, 0.3) is 0 Å². The molecule has 0 unspecified atom stereocenters. The summed E-state index contributed by atoms with van der Waals surface area (Å²) in [4.78, 5) is 0. The molecule has 0 bridgehead atoms. The van der Waals surface area contributed by atoms with Crippen molar-refractivity contribution in [1.29, 1.82) is 0 Å². The van der Waals surface area contributed by atoms with Gasteiger partial charge in [-0.15, -0.1) is 0 Å². The molecule has 2 nitrogen and oxygen atoms in total. The first kappa shape index (κ1) is 13.4. The van der Waals surface area contributed by atoms with Gasteiger partial charge in [0.25, 0.3) is 0 Å². The standard InChI is InChI=1S/C14H13Br2NO/c1-9-6-12(4-5-13(9)16)18-8-10-2-3-11(15)7-14(10)17/h2-7H,8,17H2,1H3. The summed E-state index contributed by atoms with van der Waals surface area (Å²) < 4.78 is 7.79. The third-order valence-corrected chi connectivity index (χ3v) is 4.01. The van der Waals surface area contributed by atoms with Gasteiger partial charge in [-0.3, -0.25) is 0 Å². The molecule has 0 saturated carbocycles. The van der Waals surface area contributed by atoms with Crippen molar-refractivity contribution in [3.05, 3.63) is 56.5 Å². The van der Waals surface area contributed by atoms with E-state index in [-0.39, 0.29) is 0 Å².